The molecule has 1 aliphatic heterocycles. The normalized spacial score (nSPS) is 16.5. The molecule has 0 saturated carbocycles. The summed E-state index contributed by atoms with van der Waals surface area (Å²) >= 11 is 1.52. The van der Waals surface area contributed by atoms with E-state index in [1.807, 2.05) is 24.3 Å². The van der Waals surface area contributed by atoms with Crippen LogP contribution < -0.4 is 9.47 Å². The minimum atomic E-state index is -0.344. The number of hydrogen-bond acceptors (Lipinski definition) is 6. The summed E-state index contributed by atoms with van der Waals surface area (Å²) in [6, 6.07) is 16.2. The predicted octanol–water partition coefficient (Wildman–Crippen LogP) is 4.66. The molecule has 0 spiro atoms. The highest BCUT2D eigenvalue weighted by atomic mass is 32.1. The molecular formula is C21H20N4O2S. The predicted molar refractivity (Wildman–Crippen MR) is 108 cm³/mol. The average Bonchev–Trinajstić information content (AvgIpc) is 3.28. The van der Waals surface area contributed by atoms with Crippen molar-refractivity contribution in [2.45, 2.75) is 32.3 Å². The van der Waals surface area contributed by atoms with Gasteiger partial charge in [-0.3, -0.25) is 0 Å². The topological polar surface area (TPSA) is 61.5 Å². The largest absolute Gasteiger partial charge is 0.485 e. The van der Waals surface area contributed by atoms with Crippen molar-refractivity contribution in [1.82, 2.24) is 19.8 Å². The van der Waals surface area contributed by atoms with E-state index in [4.69, 9.17) is 14.6 Å². The van der Waals surface area contributed by atoms with Crippen LogP contribution in [0.2, 0.25) is 0 Å². The SMILES string of the molecule is CC(C)(C)c1ccc(-c2nn3c(C4COc5ccccc5O4)nnc3s2)cc1. The summed E-state index contributed by atoms with van der Waals surface area (Å²) < 4.78 is 13.6. The van der Waals surface area contributed by atoms with Gasteiger partial charge in [0.1, 0.15) is 11.6 Å². The molecule has 142 valence electrons. The van der Waals surface area contributed by atoms with Crippen LogP contribution in [0.4, 0.5) is 0 Å². The fraction of sp³-hybridized carbons (Fsp3) is 0.286. The first-order valence-corrected chi connectivity index (χ1v) is 10.0. The van der Waals surface area contributed by atoms with Gasteiger partial charge < -0.3 is 9.47 Å². The lowest BCUT2D eigenvalue weighted by molar-refractivity contribution is 0.0836. The molecule has 6 nitrogen and oxygen atoms in total. The number of hydrogen-bond donors (Lipinski definition) is 0. The van der Waals surface area contributed by atoms with Crippen LogP contribution in [0.25, 0.3) is 15.5 Å². The van der Waals surface area contributed by atoms with Gasteiger partial charge in [-0.25, -0.2) is 0 Å². The second-order valence-electron chi connectivity index (χ2n) is 7.85. The van der Waals surface area contributed by atoms with Crippen LogP contribution >= 0.6 is 11.3 Å². The number of benzene rings is 2. The maximum absolute atomic E-state index is 6.07. The molecule has 0 fully saturated rings. The second kappa shape index (κ2) is 6.31. The highest BCUT2D eigenvalue weighted by Crippen LogP contribution is 2.36. The lowest BCUT2D eigenvalue weighted by Gasteiger charge is -2.24. The third-order valence-corrected chi connectivity index (χ3v) is 5.76. The van der Waals surface area contributed by atoms with Crippen molar-refractivity contribution in [2.24, 2.45) is 0 Å². The molecule has 0 saturated heterocycles. The van der Waals surface area contributed by atoms with E-state index in [1.54, 1.807) is 4.52 Å². The van der Waals surface area contributed by atoms with Crippen LogP contribution in [0.1, 0.15) is 38.3 Å². The zero-order valence-corrected chi connectivity index (χ0v) is 16.7. The van der Waals surface area contributed by atoms with E-state index in [0.717, 1.165) is 21.3 Å². The molecule has 0 radical (unpaired) electrons. The van der Waals surface area contributed by atoms with E-state index in [1.165, 1.54) is 16.9 Å². The lowest BCUT2D eigenvalue weighted by Crippen LogP contribution is -2.23. The summed E-state index contributed by atoms with van der Waals surface area (Å²) in [5.41, 5.74) is 2.49. The maximum atomic E-state index is 6.07. The van der Waals surface area contributed by atoms with E-state index >= 15 is 0 Å². The maximum Gasteiger partial charge on any atom is 0.235 e. The molecule has 0 bridgehead atoms. The Labute approximate surface area is 166 Å². The van der Waals surface area contributed by atoms with Gasteiger partial charge in [0, 0.05) is 5.56 Å². The molecule has 4 aromatic rings. The van der Waals surface area contributed by atoms with E-state index in [0.29, 0.717) is 18.2 Å². The van der Waals surface area contributed by atoms with E-state index in [-0.39, 0.29) is 11.5 Å². The van der Waals surface area contributed by atoms with Crippen molar-refractivity contribution in [3.8, 4) is 22.1 Å². The van der Waals surface area contributed by atoms with Gasteiger partial charge >= 0.3 is 0 Å². The quantitative estimate of drug-likeness (QED) is 0.496. The molecule has 7 heteroatoms. The Balaban J connectivity index is 1.46. The minimum Gasteiger partial charge on any atom is -0.485 e. The number of para-hydroxylation sites is 2. The van der Waals surface area contributed by atoms with Crippen LogP contribution in [-0.4, -0.2) is 26.4 Å². The number of ether oxygens (including phenoxy) is 2. The zero-order chi connectivity index (χ0) is 19.3. The highest BCUT2D eigenvalue weighted by Gasteiger charge is 2.28. The molecule has 1 unspecified atom stereocenters. The van der Waals surface area contributed by atoms with Gasteiger partial charge in [0.2, 0.25) is 4.96 Å². The fourth-order valence-corrected chi connectivity index (χ4v) is 4.06. The molecule has 28 heavy (non-hydrogen) atoms. The van der Waals surface area contributed by atoms with Crippen LogP contribution in [-0.2, 0) is 5.41 Å². The van der Waals surface area contributed by atoms with Gasteiger partial charge in [0.15, 0.2) is 23.4 Å². The van der Waals surface area contributed by atoms with Crippen LogP contribution in [0.5, 0.6) is 11.5 Å². The number of rotatable bonds is 2. The molecule has 1 atom stereocenters. The summed E-state index contributed by atoms with van der Waals surface area (Å²) in [5, 5.41) is 14.2. The Hall–Kier alpha value is -2.93. The summed E-state index contributed by atoms with van der Waals surface area (Å²) in [6.07, 6.45) is -0.344. The third kappa shape index (κ3) is 2.92. The average molecular weight is 392 g/mol. The molecule has 0 N–H and O–H groups in total. The monoisotopic (exact) mass is 392 g/mol. The van der Waals surface area contributed by atoms with Gasteiger partial charge in [0.05, 0.1) is 0 Å². The number of aromatic nitrogens is 4. The Morgan fingerprint density at radius 2 is 1.75 bits per heavy atom. The second-order valence-corrected chi connectivity index (χ2v) is 8.81. The Bertz CT molecular complexity index is 1140. The first kappa shape index (κ1) is 17.2. The molecule has 2 aromatic heterocycles. The van der Waals surface area contributed by atoms with Crippen molar-refractivity contribution in [1.29, 1.82) is 0 Å². The first-order valence-electron chi connectivity index (χ1n) is 9.20. The van der Waals surface area contributed by atoms with Crippen molar-refractivity contribution < 1.29 is 9.47 Å². The van der Waals surface area contributed by atoms with Crippen LogP contribution in [0.3, 0.4) is 0 Å². The van der Waals surface area contributed by atoms with E-state index in [9.17, 15) is 0 Å². The third-order valence-electron chi connectivity index (χ3n) is 4.81. The van der Waals surface area contributed by atoms with Crippen LogP contribution in [0, 0.1) is 0 Å². The molecule has 0 amide bonds. The summed E-state index contributed by atoms with van der Waals surface area (Å²) in [7, 11) is 0. The van der Waals surface area contributed by atoms with Crippen molar-refractivity contribution in [2.75, 3.05) is 6.61 Å². The van der Waals surface area contributed by atoms with Gasteiger partial charge in [-0.2, -0.15) is 9.61 Å². The van der Waals surface area contributed by atoms with Gasteiger partial charge in [0.25, 0.3) is 0 Å². The lowest BCUT2D eigenvalue weighted by atomic mass is 9.87. The fourth-order valence-electron chi connectivity index (χ4n) is 3.21. The van der Waals surface area contributed by atoms with Gasteiger partial charge in [-0.15, -0.1) is 10.2 Å². The van der Waals surface area contributed by atoms with Crippen LogP contribution in [0.15, 0.2) is 48.5 Å². The Morgan fingerprint density at radius 1 is 1.00 bits per heavy atom. The van der Waals surface area contributed by atoms with E-state index in [2.05, 4.69) is 55.2 Å². The first-order chi connectivity index (χ1) is 13.5. The zero-order valence-electron chi connectivity index (χ0n) is 15.9. The van der Waals surface area contributed by atoms with Crippen molar-refractivity contribution >= 4 is 16.3 Å². The number of fused-ring (bicyclic) bond motifs is 2. The van der Waals surface area contributed by atoms with Crippen molar-refractivity contribution in [3.63, 3.8) is 0 Å². The smallest absolute Gasteiger partial charge is 0.235 e. The van der Waals surface area contributed by atoms with Crippen molar-refractivity contribution in [3.05, 3.63) is 59.9 Å². The standard InChI is InChI=1S/C21H20N4O2S/c1-21(2,3)14-10-8-13(9-11-14)19-24-25-18(22-23-20(25)28-19)17-12-26-15-6-4-5-7-16(15)27-17/h4-11,17H,12H2,1-3H3. The summed E-state index contributed by atoms with van der Waals surface area (Å²) in [6.45, 7) is 7.01. The van der Waals surface area contributed by atoms with E-state index < -0.39 is 0 Å². The Kier molecular flexibility index (Phi) is 3.87. The molecule has 3 heterocycles. The summed E-state index contributed by atoms with van der Waals surface area (Å²) in [4.78, 5) is 0.743. The van der Waals surface area contributed by atoms with Gasteiger partial charge in [-0.05, 0) is 23.1 Å². The molecule has 1 aliphatic rings. The summed E-state index contributed by atoms with van der Waals surface area (Å²) in [5.74, 6) is 2.11. The molecule has 2 aromatic carbocycles. The Morgan fingerprint density at radius 3 is 2.50 bits per heavy atom. The highest BCUT2D eigenvalue weighted by molar-refractivity contribution is 7.19. The molecular weight excluding hydrogens is 372 g/mol. The molecule has 0 aliphatic carbocycles. The molecule has 5 rings (SSSR count). The minimum absolute atomic E-state index is 0.127. The number of nitrogens with zero attached hydrogens (tertiary/aromatic N) is 4. The van der Waals surface area contributed by atoms with Gasteiger partial charge in [-0.1, -0.05) is 68.5 Å².